The van der Waals surface area contributed by atoms with Gasteiger partial charge in [-0.3, -0.25) is 0 Å². The van der Waals surface area contributed by atoms with Gasteiger partial charge < -0.3 is 26.0 Å². The van der Waals surface area contributed by atoms with Crippen LogP contribution in [0.15, 0.2) is 29.3 Å². The number of anilines is 1. The van der Waals surface area contributed by atoms with E-state index in [2.05, 4.69) is 26.3 Å². The van der Waals surface area contributed by atoms with E-state index in [9.17, 15) is 4.79 Å². The second-order valence-electron chi connectivity index (χ2n) is 6.15. The number of hydrogen-bond donors (Lipinski definition) is 4. The Bertz CT molecular complexity index is 549. The van der Waals surface area contributed by atoms with Crippen molar-refractivity contribution in [1.29, 1.82) is 0 Å². The highest BCUT2D eigenvalue weighted by molar-refractivity contribution is 14.0. The number of carbonyl (C=O) groups is 1. The first-order chi connectivity index (χ1) is 11.9. The predicted octanol–water partition coefficient (Wildman–Crippen LogP) is 2.92. The SMILES string of the molecule is CCNC(=NCc1ccc(NC(=O)NC(C)C)cc1)NC(C)COC.I. The number of rotatable bonds is 8. The fraction of sp³-hybridized carbons (Fsp3) is 0.556. The summed E-state index contributed by atoms with van der Waals surface area (Å²) in [6.07, 6.45) is 0. The van der Waals surface area contributed by atoms with Gasteiger partial charge in [0.05, 0.1) is 13.2 Å². The molecule has 0 aromatic heterocycles. The highest BCUT2D eigenvalue weighted by Gasteiger charge is 2.05. The summed E-state index contributed by atoms with van der Waals surface area (Å²) in [7, 11) is 1.68. The molecular weight excluding hydrogens is 445 g/mol. The third-order valence-electron chi connectivity index (χ3n) is 3.20. The molecule has 26 heavy (non-hydrogen) atoms. The molecule has 0 aliphatic rings. The summed E-state index contributed by atoms with van der Waals surface area (Å²) >= 11 is 0. The van der Waals surface area contributed by atoms with Crippen LogP contribution >= 0.6 is 24.0 Å². The Labute approximate surface area is 173 Å². The number of guanidine groups is 1. The Balaban J connectivity index is 0.00000625. The molecule has 1 aromatic rings. The second-order valence-corrected chi connectivity index (χ2v) is 6.15. The molecule has 1 unspecified atom stereocenters. The van der Waals surface area contributed by atoms with Crippen LogP contribution < -0.4 is 21.3 Å². The summed E-state index contributed by atoms with van der Waals surface area (Å²) in [5.74, 6) is 0.755. The third kappa shape index (κ3) is 10.4. The zero-order valence-electron chi connectivity index (χ0n) is 16.3. The highest BCUT2D eigenvalue weighted by atomic mass is 127. The van der Waals surface area contributed by atoms with Gasteiger partial charge in [-0.2, -0.15) is 0 Å². The first-order valence-electron chi connectivity index (χ1n) is 8.64. The smallest absolute Gasteiger partial charge is 0.319 e. The third-order valence-corrected chi connectivity index (χ3v) is 3.20. The lowest BCUT2D eigenvalue weighted by Gasteiger charge is -2.17. The molecule has 0 aliphatic heterocycles. The number of carbonyl (C=O) groups excluding carboxylic acids is 1. The minimum atomic E-state index is -0.202. The van der Waals surface area contributed by atoms with Crippen LogP contribution in [0, 0.1) is 0 Å². The number of amides is 2. The van der Waals surface area contributed by atoms with Gasteiger partial charge in [0, 0.05) is 31.4 Å². The summed E-state index contributed by atoms with van der Waals surface area (Å²) in [6.45, 7) is 9.87. The number of benzene rings is 1. The summed E-state index contributed by atoms with van der Waals surface area (Å²) in [4.78, 5) is 16.3. The molecule has 148 valence electrons. The van der Waals surface area contributed by atoms with Gasteiger partial charge in [0.1, 0.15) is 0 Å². The molecule has 4 N–H and O–H groups in total. The Morgan fingerprint density at radius 2 is 1.81 bits per heavy atom. The van der Waals surface area contributed by atoms with Gasteiger partial charge in [-0.15, -0.1) is 24.0 Å². The van der Waals surface area contributed by atoms with Crippen molar-refractivity contribution in [3.63, 3.8) is 0 Å². The van der Waals surface area contributed by atoms with E-state index in [1.807, 2.05) is 52.0 Å². The molecule has 0 saturated carbocycles. The van der Waals surface area contributed by atoms with E-state index in [1.54, 1.807) is 7.11 Å². The van der Waals surface area contributed by atoms with Crippen molar-refractivity contribution in [1.82, 2.24) is 16.0 Å². The number of nitrogens with zero attached hydrogens (tertiary/aromatic N) is 1. The quantitative estimate of drug-likeness (QED) is 0.264. The molecule has 0 radical (unpaired) electrons. The maximum atomic E-state index is 11.7. The lowest BCUT2D eigenvalue weighted by Crippen LogP contribution is -2.43. The van der Waals surface area contributed by atoms with E-state index in [0.29, 0.717) is 13.2 Å². The fourth-order valence-electron chi connectivity index (χ4n) is 2.14. The van der Waals surface area contributed by atoms with Crippen LogP contribution in [0.25, 0.3) is 0 Å². The van der Waals surface area contributed by atoms with Gasteiger partial charge in [-0.05, 0) is 45.4 Å². The largest absolute Gasteiger partial charge is 0.383 e. The van der Waals surface area contributed by atoms with Gasteiger partial charge in [-0.1, -0.05) is 12.1 Å². The Morgan fingerprint density at radius 3 is 2.35 bits per heavy atom. The minimum absolute atomic E-state index is 0. The number of aliphatic imine (C=N–C) groups is 1. The van der Waals surface area contributed by atoms with Crippen LogP contribution in [0.5, 0.6) is 0 Å². The lowest BCUT2D eigenvalue weighted by molar-refractivity contribution is 0.179. The van der Waals surface area contributed by atoms with Crippen molar-refractivity contribution in [2.45, 2.75) is 46.3 Å². The van der Waals surface area contributed by atoms with Crippen LogP contribution in [0.1, 0.15) is 33.3 Å². The fourth-order valence-corrected chi connectivity index (χ4v) is 2.14. The predicted molar refractivity (Wildman–Crippen MR) is 118 cm³/mol. The van der Waals surface area contributed by atoms with Crippen LogP contribution in [0.2, 0.25) is 0 Å². The molecule has 7 nitrogen and oxygen atoms in total. The average Bonchev–Trinajstić information content (AvgIpc) is 2.53. The molecule has 0 saturated heterocycles. The molecule has 1 rings (SSSR count). The zero-order valence-corrected chi connectivity index (χ0v) is 18.6. The molecule has 0 heterocycles. The van der Waals surface area contributed by atoms with Crippen LogP contribution in [0.3, 0.4) is 0 Å². The van der Waals surface area contributed by atoms with Crippen molar-refractivity contribution in [3.05, 3.63) is 29.8 Å². The maximum absolute atomic E-state index is 11.7. The van der Waals surface area contributed by atoms with E-state index < -0.39 is 0 Å². The van der Waals surface area contributed by atoms with Gasteiger partial charge in [0.15, 0.2) is 5.96 Å². The van der Waals surface area contributed by atoms with Gasteiger partial charge in [-0.25, -0.2) is 9.79 Å². The first kappa shape index (κ1) is 24.5. The van der Waals surface area contributed by atoms with Crippen molar-refractivity contribution in [3.8, 4) is 0 Å². The average molecular weight is 477 g/mol. The second kappa shape index (κ2) is 13.6. The lowest BCUT2D eigenvalue weighted by atomic mass is 10.2. The molecule has 0 aliphatic carbocycles. The van der Waals surface area contributed by atoms with E-state index in [4.69, 9.17) is 4.74 Å². The van der Waals surface area contributed by atoms with Crippen molar-refractivity contribution >= 4 is 41.7 Å². The highest BCUT2D eigenvalue weighted by Crippen LogP contribution is 2.10. The van der Waals surface area contributed by atoms with Crippen LogP contribution in [-0.2, 0) is 11.3 Å². The summed E-state index contributed by atoms with van der Waals surface area (Å²) in [5, 5.41) is 12.1. The van der Waals surface area contributed by atoms with Gasteiger partial charge in [0.2, 0.25) is 0 Å². The maximum Gasteiger partial charge on any atom is 0.319 e. The van der Waals surface area contributed by atoms with Crippen molar-refractivity contribution in [2.24, 2.45) is 4.99 Å². The van der Waals surface area contributed by atoms with Crippen LogP contribution in [-0.4, -0.2) is 44.3 Å². The normalized spacial score (nSPS) is 12.2. The molecule has 1 aromatic carbocycles. The molecule has 0 bridgehead atoms. The Kier molecular flexibility index (Phi) is 12.8. The number of methoxy groups -OCH3 is 1. The minimum Gasteiger partial charge on any atom is -0.383 e. The monoisotopic (exact) mass is 477 g/mol. The van der Waals surface area contributed by atoms with Crippen LogP contribution in [0.4, 0.5) is 10.5 Å². The van der Waals surface area contributed by atoms with Gasteiger partial charge >= 0.3 is 6.03 Å². The molecular formula is C18H32IN5O2. The van der Waals surface area contributed by atoms with Crippen molar-refractivity contribution < 1.29 is 9.53 Å². The number of halogens is 1. The van der Waals surface area contributed by atoms with Gasteiger partial charge in [0.25, 0.3) is 0 Å². The van der Waals surface area contributed by atoms with Crippen molar-refractivity contribution in [2.75, 3.05) is 25.6 Å². The topological polar surface area (TPSA) is 86.8 Å². The number of hydrogen-bond acceptors (Lipinski definition) is 3. The molecule has 2 amide bonds. The zero-order chi connectivity index (χ0) is 18.7. The summed E-state index contributed by atoms with van der Waals surface area (Å²) in [6, 6.07) is 7.73. The summed E-state index contributed by atoms with van der Waals surface area (Å²) in [5.41, 5.74) is 1.82. The summed E-state index contributed by atoms with van der Waals surface area (Å²) < 4.78 is 5.13. The molecule has 8 heteroatoms. The van der Waals surface area contributed by atoms with E-state index >= 15 is 0 Å². The van der Waals surface area contributed by atoms with E-state index in [-0.39, 0.29) is 42.1 Å². The molecule has 0 fully saturated rings. The Hall–Kier alpha value is -1.55. The Morgan fingerprint density at radius 1 is 1.15 bits per heavy atom. The standard InChI is InChI=1S/C18H31N5O2.HI/c1-6-19-17(22-14(4)12-25-5)20-11-15-7-9-16(10-8-15)23-18(24)21-13(2)3;/h7-10,13-14H,6,11-12H2,1-5H3,(H2,19,20,22)(H2,21,23,24);1H. The number of nitrogens with one attached hydrogen (secondary N) is 4. The first-order valence-corrected chi connectivity index (χ1v) is 8.64. The molecule has 1 atom stereocenters. The number of urea groups is 1. The number of ether oxygens (including phenoxy) is 1. The van der Waals surface area contributed by atoms with E-state index in [1.165, 1.54) is 0 Å². The van der Waals surface area contributed by atoms with E-state index in [0.717, 1.165) is 23.8 Å². The molecule has 0 spiro atoms.